The fourth-order valence-corrected chi connectivity index (χ4v) is 4.98. The largest absolute Gasteiger partial charge is 0.317 e. The van der Waals surface area contributed by atoms with Crippen LogP contribution in [0, 0.1) is 0 Å². The number of piperidine rings is 1. The zero-order chi connectivity index (χ0) is 19.8. The maximum Gasteiger partial charge on any atom is 0.0795 e. The minimum absolute atomic E-state index is 0.0256. The van der Waals surface area contributed by atoms with Crippen molar-refractivity contribution in [3.05, 3.63) is 88.1 Å². The number of halogens is 1. The highest BCUT2D eigenvalue weighted by Gasteiger charge is 2.35. The molecule has 0 amide bonds. The van der Waals surface area contributed by atoms with Gasteiger partial charge in [0.1, 0.15) is 0 Å². The summed E-state index contributed by atoms with van der Waals surface area (Å²) in [6, 6.07) is 19.5. The number of fused-ring (bicyclic) bond motifs is 1. The van der Waals surface area contributed by atoms with Gasteiger partial charge in [-0.25, -0.2) is 0 Å². The summed E-state index contributed by atoms with van der Waals surface area (Å²) < 4.78 is 0. The molecule has 0 spiro atoms. The molecule has 0 atom stereocenters. The van der Waals surface area contributed by atoms with Crippen molar-refractivity contribution in [1.82, 2.24) is 10.3 Å². The lowest BCUT2D eigenvalue weighted by atomic mass is 9.68. The van der Waals surface area contributed by atoms with Gasteiger partial charge in [-0.1, -0.05) is 48.0 Å². The Morgan fingerprint density at radius 1 is 0.897 bits per heavy atom. The number of aromatic nitrogens is 1. The molecule has 3 nitrogen and oxygen atoms in total. The van der Waals surface area contributed by atoms with E-state index in [1.807, 2.05) is 18.3 Å². The van der Waals surface area contributed by atoms with Crippen molar-refractivity contribution in [2.45, 2.75) is 31.7 Å². The predicted molar refractivity (Wildman–Crippen MR) is 120 cm³/mol. The van der Waals surface area contributed by atoms with Crippen LogP contribution >= 0.6 is 11.6 Å². The van der Waals surface area contributed by atoms with Crippen LogP contribution in [0.2, 0.25) is 5.02 Å². The van der Waals surface area contributed by atoms with Crippen LogP contribution in [0.15, 0.2) is 65.8 Å². The first-order valence-corrected chi connectivity index (χ1v) is 10.6. The Hall–Kier alpha value is -2.49. The van der Waals surface area contributed by atoms with E-state index >= 15 is 0 Å². The molecule has 1 fully saturated rings. The first kappa shape index (κ1) is 18.5. The molecule has 2 aromatic carbocycles. The molecule has 1 aromatic heterocycles. The molecule has 5 rings (SSSR count). The minimum Gasteiger partial charge on any atom is -0.317 e. The van der Waals surface area contributed by atoms with E-state index < -0.39 is 0 Å². The van der Waals surface area contributed by atoms with Crippen LogP contribution in [-0.4, -0.2) is 23.8 Å². The third-order valence-corrected chi connectivity index (χ3v) is 6.70. The SMILES string of the molecule is CC1=NCc2ccnc(-c3ccc(C4(c5ccc(Cl)cc5)CCNCC4)cc3)c21. The molecule has 1 saturated heterocycles. The second kappa shape index (κ2) is 7.40. The van der Waals surface area contributed by atoms with Crippen LogP contribution in [0.25, 0.3) is 11.3 Å². The Bertz CT molecular complexity index is 1060. The molecule has 1 N–H and O–H groups in total. The molecular formula is C25H24ClN3. The summed E-state index contributed by atoms with van der Waals surface area (Å²) in [5.41, 5.74) is 8.49. The molecule has 4 heteroatoms. The number of hydrogen-bond donors (Lipinski definition) is 1. The maximum atomic E-state index is 6.16. The topological polar surface area (TPSA) is 37.3 Å². The summed E-state index contributed by atoms with van der Waals surface area (Å²) >= 11 is 6.16. The molecule has 0 bridgehead atoms. The van der Waals surface area contributed by atoms with E-state index in [1.165, 1.54) is 22.3 Å². The van der Waals surface area contributed by atoms with E-state index in [9.17, 15) is 0 Å². The van der Waals surface area contributed by atoms with Crippen LogP contribution < -0.4 is 5.32 Å². The third-order valence-electron chi connectivity index (χ3n) is 6.45. The van der Waals surface area contributed by atoms with Crippen molar-refractivity contribution >= 4 is 17.3 Å². The van der Waals surface area contributed by atoms with Crippen molar-refractivity contribution in [2.75, 3.05) is 13.1 Å². The Balaban J connectivity index is 1.56. The zero-order valence-electron chi connectivity index (χ0n) is 16.6. The van der Waals surface area contributed by atoms with Crippen molar-refractivity contribution < 1.29 is 0 Å². The summed E-state index contributed by atoms with van der Waals surface area (Å²) in [5.74, 6) is 0. The van der Waals surface area contributed by atoms with E-state index in [2.05, 4.69) is 59.7 Å². The smallest absolute Gasteiger partial charge is 0.0795 e. The van der Waals surface area contributed by atoms with Gasteiger partial charge in [0, 0.05) is 33.5 Å². The van der Waals surface area contributed by atoms with Crippen LogP contribution in [0.1, 0.15) is 42.0 Å². The van der Waals surface area contributed by atoms with Crippen LogP contribution in [0.3, 0.4) is 0 Å². The molecule has 146 valence electrons. The van der Waals surface area contributed by atoms with Gasteiger partial charge in [0.2, 0.25) is 0 Å². The lowest BCUT2D eigenvalue weighted by molar-refractivity contribution is 0.362. The van der Waals surface area contributed by atoms with Crippen LogP contribution in [0.5, 0.6) is 0 Å². The molecule has 0 unspecified atom stereocenters. The molecule has 3 heterocycles. The third kappa shape index (κ3) is 3.19. The fourth-order valence-electron chi connectivity index (χ4n) is 4.85. The van der Waals surface area contributed by atoms with Gasteiger partial charge in [-0.15, -0.1) is 0 Å². The van der Waals surface area contributed by atoms with Crippen molar-refractivity contribution in [3.8, 4) is 11.3 Å². The highest BCUT2D eigenvalue weighted by Crippen LogP contribution is 2.41. The van der Waals surface area contributed by atoms with Gasteiger partial charge < -0.3 is 5.32 Å². The molecule has 2 aliphatic rings. The molecule has 2 aliphatic heterocycles. The molecule has 29 heavy (non-hydrogen) atoms. The van der Waals surface area contributed by atoms with E-state index in [0.29, 0.717) is 0 Å². The lowest BCUT2D eigenvalue weighted by Crippen LogP contribution is -2.40. The van der Waals surface area contributed by atoms with E-state index in [-0.39, 0.29) is 5.41 Å². The first-order chi connectivity index (χ1) is 14.2. The molecule has 0 radical (unpaired) electrons. The first-order valence-electron chi connectivity index (χ1n) is 10.2. The Kier molecular flexibility index (Phi) is 4.73. The number of pyridine rings is 1. The molecule has 3 aromatic rings. The summed E-state index contributed by atoms with van der Waals surface area (Å²) in [6.45, 7) is 4.89. The molecule has 0 saturated carbocycles. The minimum atomic E-state index is 0.0256. The number of hydrogen-bond acceptors (Lipinski definition) is 3. The molecule has 0 aliphatic carbocycles. The fraction of sp³-hybridized carbons (Fsp3) is 0.280. The zero-order valence-corrected chi connectivity index (χ0v) is 17.3. The Morgan fingerprint density at radius 2 is 1.55 bits per heavy atom. The summed E-state index contributed by atoms with van der Waals surface area (Å²) in [5, 5.41) is 4.30. The summed E-state index contributed by atoms with van der Waals surface area (Å²) in [4.78, 5) is 9.29. The van der Waals surface area contributed by atoms with Gasteiger partial charge >= 0.3 is 0 Å². The highest BCUT2D eigenvalue weighted by molar-refractivity contribution is 6.30. The quantitative estimate of drug-likeness (QED) is 0.638. The number of benzene rings is 2. The highest BCUT2D eigenvalue weighted by atomic mass is 35.5. The van der Waals surface area contributed by atoms with Crippen molar-refractivity contribution in [1.29, 1.82) is 0 Å². The second-order valence-corrected chi connectivity index (χ2v) is 8.45. The van der Waals surface area contributed by atoms with Crippen LogP contribution in [-0.2, 0) is 12.0 Å². The average molecular weight is 402 g/mol. The number of nitrogens with zero attached hydrogens (tertiary/aromatic N) is 2. The van der Waals surface area contributed by atoms with E-state index in [0.717, 1.165) is 54.5 Å². The Morgan fingerprint density at radius 3 is 2.24 bits per heavy atom. The summed E-state index contributed by atoms with van der Waals surface area (Å²) in [7, 11) is 0. The Labute approximate surface area is 176 Å². The number of nitrogens with one attached hydrogen (secondary N) is 1. The standard InChI is InChI=1S/C25H24ClN3/c1-17-23-19(16-29-17)10-13-28-24(23)18-2-4-20(5-3-18)25(11-14-27-15-12-25)21-6-8-22(26)9-7-21/h2-10,13,27H,11-12,14-16H2,1H3. The summed E-state index contributed by atoms with van der Waals surface area (Å²) in [6.07, 6.45) is 4.07. The number of aliphatic imine (C=N–C) groups is 1. The van der Waals surface area contributed by atoms with Gasteiger partial charge in [-0.05, 0) is 67.7 Å². The van der Waals surface area contributed by atoms with Gasteiger partial charge in [-0.3, -0.25) is 9.98 Å². The van der Waals surface area contributed by atoms with Gasteiger partial charge in [-0.2, -0.15) is 0 Å². The normalized spacial score (nSPS) is 17.7. The van der Waals surface area contributed by atoms with Gasteiger partial charge in [0.15, 0.2) is 0 Å². The van der Waals surface area contributed by atoms with Crippen molar-refractivity contribution in [2.24, 2.45) is 4.99 Å². The monoisotopic (exact) mass is 401 g/mol. The maximum absolute atomic E-state index is 6.16. The lowest BCUT2D eigenvalue weighted by Gasteiger charge is -2.39. The number of rotatable bonds is 3. The van der Waals surface area contributed by atoms with E-state index in [4.69, 9.17) is 16.6 Å². The predicted octanol–water partition coefficient (Wildman–Crippen LogP) is 5.39. The molecular weight excluding hydrogens is 378 g/mol. The van der Waals surface area contributed by atoms with Gasteiger partial charge in [0.25, 0.3) is 0 Å². The average Bonchev–Trinajstić information content (AvgIpc) is 3.16. The van der Waals surface area contributed by atoms with Crippen molar-refractivity contribution in [3.63, 3.8) is 0 Å². The second-order valence-electron chi connectivity index (χ2n) is 8.01. The van der Waals surface area contributed by atoms with Gasteiger partial charge in [0.05, 0.1) is 12.2 Å². The van der Waals surface area contributed by atoms with Crippen LogP contribution in [0.4, 0.5) is 0 Å². The van der Waals surface area contributed by atoms with E-state index in [1.54, 1.807) is 0 Å².